The van der Waals surface area contributed by atoms with E-state index in [1.54, 1.807) is 4.90 Å². The average molecular weight is 248 g/mol. The first-order valence-corrected chi connectivity index (χ1v) is 6.21. The Bertz CT molecular complexity index is 440. The molecule has 4 heteroatoms. The second-order valence-electron chi connectivity index (χ2n) is 5.44. The Morgan fingerprint density at radius 2 is 2.00 bits per heavy atom. The van der Waals surface area contributed by atoms with Gasteiger partial charge in [0.1, 0.15) is 6.04 Å². The second-order valence-corrected chi connectivity index (χ2v) is 5.44. The number of aryl methyl sites for hydroxylation is 1. The molecule has 1 heterocycles. The molecule has 1 aliphatic rings. The lowest BCUT2D eigenvalue weighted by atomic mass is 9.95. The van der Waals surface area contributed by atoms with Crippen LogP contribution in [0, 0.1) is 6.92 Å². The van der Waals surface area contributed by atoms with Gasteiger partial charge < -0.3 is 15.3 Å². The summed E-state index contributed by atoms with van der Waals surface area (Å²) in [5.41, 5.74) is 1.76. The lowest BCUT2D eigenvalue weighted by Gasteiger charge is -2.45. The molecule has 1 aliphatic heterocycles. The van der Waals surface area contributed by atoms with E-state index in [0.29, 0.717) is 6.54 Å². The van der Waals surface area contributed by atoms with Gasteiger partial charge in [0.25, 0.3) is 0 Å². The quantitative estimate of drug-likeness (QED) is 0.823. The number of piperazine rings is 1. The maximum Gasteiger partial charge on any atom is 0.247 e. The van der Waals surface area contributed by atoms with Crippen molar-refractivity contribution in [2.75, 3.05) is 18.1 Å². The van der Waals surface area contributed by atoms with Crippen molar-refractivity contribution in [1.82, 2.24) is 5.32 Å². The van der Waals surface area contributed by atoms with E-state index in [1.807, 2.05) is 45.0 Å². The summed E-state index contributed by atoms with van der Waals surface area (Å²) in [6.45, 7) is 6.55. The Morgan fingerprint density at radius 1 is 1.39 bits per heavy atom. The molecule has 1 aromatic rings. The molecule has 1 unspecified atom stereocenters. The molecular formula is C14H20N2O2. The third-order valence-corrected chi connectivity index (χ3v) is 3.38. The monoisotopic (exact) mass is 248 g/mol. The second kappa shape index (κ2) is 4.71. The first kappa shape index (κ1) is 13.1. The van der Waals surface area contributed by atoms with E-state index in [9.17, 15) is 9.90 Å². The van der Waals surface area contributed by atoms with Crippen LogP contribution in [0.4, 0.5) is 5.69 Å². The Labute approximate surface area is 108 Å². The fourth-order valence-electron chi connectivity index (χ4n) is 2.31. The first-order chi connectivity index (χ1) is 8.45. The number of benzene rings is 1. The summed E-state index contributed by atoms with van der Waals surface area (Å²) in [5, 5.41) is 12.3. The summed E-state index contributed by atoms with van der Waals surface area (Å²) < 4.78 is 0. The highest BCUT2D eigenvalue weighted by molar-refractivity contribution is 5.99. The minimum atomic E-state index is -0.501. The van der Waals surface area contributed by atoms with Crippen LogP contribution in [0.15, 0.2) is 24.3 Å². The smallest absolute Gasteiger partial charge is 0.247 e. The summed E-state index contributed by atoms with van der Waals surface area (Å²) in [7, 11) is 0. The summed E-state index contributed by atoms with van der Waals surface area (Å²) >= 11 is 0. The average Bonchev–Trinajstić information content (AvgIpc) is 2.31. The molecule has 0 aromatic heterocycles. The van der Waals surface area contributed by atoms with Gasteiger partial charge in [-0.1, -0.05) is 17.7 Å². The van der Waals surface area contributed by atoms with E-state index in [2.05, 4.69) is 5.32 Å². The number of aliphatic hydroxyl groups is 1. The van der Waals surface area contributed by atoms with E-state index in [1.165, 1.54) is 0 Å². The Hall–Kier alpha value is -1.39. The molecule has 0 spiro atoms. The highest BCUT2D eigenvalue weighted by atomic mass is 16.3. The zero-order valence-corrected chi connectivity index (χ0v) is 11.1. The van der Waals surface area contributed by atoms with Gasteiger partial charge >= 0.3 is 0 Å². The molecule has 0 radical (unpaired) electrons. The largest absolute Gasteiger partial charge is 0.394 e. The van der Waals surface area contributed by atoms with E-state index in [0.717, 1.165) is 11.3 Å². The van der Waals surface area contributed by atoms with Gasteiger partial charge in [-0.25, -0.2) is 0 Å². The van der Waals surface area contributed by atoms with Crippen LogP contribution in [0.1, 0.15) is 19.4 Å². The standard InChI is InChI=1S/C14H20N2O2/c1-10-4-6-11(7-5-10)16-13(18)12(8-17)15-9-14(16,2)3/h4-7,12,15,17H,8-9H2,1-3H3. The van der Waals surface area contributed by atoms with Crippen molar-refractivity contribution >= 4 is 11.6 Å². The molecule has 1 aromatic carbocycles. The van der Waals surface area contributed by atoms with Crippen LogP contribution in [0.3, 0.4) is 0 Å². The van der Waals surface area contributed by atoms with Crippen molar-refractivity contribution in [2.45, 2.75) is 32.4 Å². The highest BCUT2D eigenvalue weighted by Crippen LogP contribution is 2.27. The molecule has 0 aliphatic carbocycles. The SMILES string of the molecule is Cc1ccc(N2C(=O)C(CO)NCC2(C)C)cc1. The van der Waals surface area contributed by atoms with Gasteiger partial charge in [0.05, 0.1) is 12.1 Å². The van der Waals surface area contributed by atoms with Gasteiger partial charge in [-0.15, -0.1) is 0 Å². The van der Waals surface area contributed by atoms with E-state index >= 15 is 0 Å². The lowest BCUT2D eigenvalue weighted by molar-refractivity contribution is -0.124. The van der Waals surface area contributed by atoms with Crippen LogP contribution in [0.25, 0.3) is 0 Å². The first-order valence-electron chi connectivity index (χ1n) is 6.21. The van der Waals surface area contributed by atoms with Crippen molar-refractivity contribution in [3.8, 4) is 0 Å². The van der Waals surface area contributed by atoms with Crippen molar-refractivity contribution in [3.63, 3.8) is 0 Å². The minimum Gasteiger partial charge on any atom is -0.394 e. The number of amides is 1. The van der Waals surface area contributed by atoms with Crippen molar-refractivity contribution in [2.24, 2.45) is 0 Å². The molecule has 1 saturated heterocycles. The maximum absolute atomic E-state index is 12.4. The third-order valence-electron chi connectivity index (χ3n) is 3.38. The fourth-order valence-corrected chi connectivity index (χ4v) is 2.31. The molecule has 2 N–H and O–H groups in total. The number of hydrogen-bond donors (Lipinski definition) is 2. The molecular weight excluding hydrogens is 228 g/mol. The van der Waals surface area contributed by atoms with E-state index in [-0.39, 0.29) is 18.1 Å². The maximum atomic E-state index is 12.4. The van der Waals surface area contributed by atoms with Crippen LogP contribution in [-0.4, -0.2) is 35.7 Å². The van der Waals surface area contributed by atoms with Crippen molar-refractivity contribution < 1.29 is 9.90 Å². The van der Waals surface area contributed by atoms with Crippen LogP contribution in [-0.2, 0) is 4.79 Å². The molecule has 2 rings (SSSR count). The van der Waals surface area contributed by atoms with Gasteiger partial charge in [-0.3, -0.25) is 4.79 Å². The molecule has 18 heavy (non-hydrogen) atoms. The number of nitrogens with zero attached hydrogens (tertiary/aromatic N) is 1. The Balaban J connectivity index is 2.37. The predicted molar refractivity (Wildman–Crippen MR) is 71.6 cm³/mol. The van der Waals surface area contributed by atoms with Gasteiger partial charge in [-0.05, 0) is 32.9 Å². The van der Waals surface area contributed by atoms with Crippen molar-refractivity contribution in [3.05, 3.63) is 29.8 Å². The van der Waals surface area contributed by atoms with Crippen LogP contribution < -0.4 is 10.2 Å². The van der Waals surface area contributed by atoms with Gasteiger partial charge in [0.15, 0.2) is 0 Å². The minimum absolute atomic E-state index is 0.0717. The topological polar surface area (TPSA) is 52.6 Å². The van der Waals surface area contributed by atoms with Crippen molar-refractivity contribution in [1.29, 1.82) is 0 Å². The number of rotatable bonds is 2. The lowest BCUT2D eigenvalue weighted by Crippen LogP contribution is -2.66. The molecule has 1 atom stereocenters. The van der Waals surface area contributed by atoms with E-state index in [4.69, 9.17) is 0 Å². The molecule has 0 bridgehead atoms. The summed E-state index contributed by atoms with van der Waals surface area (Å²) in [6.07, 6.45) is 0. The number of anilines is 1. The predicted octanol–water partition coefficient (Wildman–Crippen LogP) is 1.07. The molecule has 1 fully saturated rings. The number of aliphatic hydroxyl groups excluding tert-OH is 1. The fraction of sp³-hybridized carbons (Fsp3) is 0.500. The van der Waals surface area contributed by atoms with E-state index < -0.39 is 6.04 Å². The zero-order valence-electron chi connectivity index (χ0n) is 11.1. The molecule has 0 saturated carbocycles. The molecule has 1 amide bonds. The van der Waals surface area contributed by atoms with Gasteiger partial charge in [0.2, 0.25) is 5.91 Å². The normalized spacial score (nSPS) is 23.2. The summed E-state index contributed by atoms with van der Waals surface area (Å²) in [6, 6.07) is 7.40. The summed E-state index contributed by atoms with van der Waals surface area (Å²) in [4.78, 5) is 14.1. The van der Waals surface area contributed by atoms with Crippen LogP contribution in [0.2, 0.25) is 0 Å². The number of carbonyl (C=O) groups is 1. The zero-order chi connectivity index (χ0) is 13.3. The molecule has 98 valence electrons. The molecule has 4 nitrogen and oxygen atoms in total. The Morgan fingerprint density at radius 3 is 2.56 bits per heavy atom. The highest BCUT2D eigenvalue weighted by Gasteiger charge is 2.40. The number of nitrogens with one attached hydrogen (secondary N) is 1. The van der Waals surface area contributed by atoms with Crippen LogP contribution >= 0.6 is 0 Å². The number of hydrogen-bond acceptors (Lipinski definition) is 3. The summed E-state index contributed by atoms with van der Waals surface area (Å²) in [5.74, 6) is -0.0717. The van der Waals surface area contributed by atoms with Crippen LogP contribution in [0.5, 0.6) is 0 Å². The number of carbonyl (C=O) groups excluding carboxylic acids is 1. The van der Waals surface area contributed by atoms with Gasteiger partial charge in [0, 0.05) is 12.2 Å². The third kappa shape index (κ3) is 2.26. The Kier molecular flexibility index (Phi) is 3.41. The van der Waals surface area contributed by atoms with Gasteiger partial charge in [-0.2, -0.15) is 0 Å².